The van der Waals surface area contributed by atoms with Crippen molar-refractivity contribution in [1.82, 2.24) is 5.32 Å². The number of phosphoric acid groups is 1. The van der Waals surface area contributed by atoms with Crippen molar-refractivity contribution in [3.05, 3.63) is 146 Å². The van der Waals surface area contributed by atoms with E-state index in [9.17, 15) is 19.0 Å². The highest BCUT2D eigenvalue weighted by Gasteiger charge is 2.27. The highest BCUT2D eigenvalue weighted by molar-refractivity contribution is 7.45. The normalized spacial score (nSPS) is 14.4. The zero-order chi connectivity index (χ0) is 63.5. The van der Waals surface area contributed by atoms with Gasteiger partial charge in [0, 0.05) is 12.8 Å². The average Bonchev–Trinajstić information content (AvgIpc) is 3.70. The monoisotopic (exact) mass is 1230 g/mol. The molecule has 0 aromatic carbocycles. The molecule has 0 aromatic heterocycles. The lowest BCUT2D eigenvalue weighted by molar-refractivity contribution is -0.870. The van der Waals surface area contributed by atoms with Crippen LogP contribution in [-0.2, 0) is 27.9 Å². The lowest BCUT2D eigenvalue weighted by Gasteiger charge is -2.30. The van der Waals surface area contributed by atoms with Crippen LogP contribution in [0.2, 0.25) is 0 Å². The number of amides is 1. The summed E-state index contributed by atoms with van der Waals surface area (Å²) in [5, 5.41) is 3.03. The van der Waals surface area contributed by atoms with Crippen LogP contribution in [0, 0.1) is 0 Å². The number of allylic oxidation sites excluding steroid dienone is 23. The van der Waals surface area contributed by atoms with Gasteiger partial charge in [-0.25, -0.2) is 0 Å². The minimum atomic E-state index is -4.72. The molecule has 3 atom stereocenters. The highest BCUT2D eigenvalue weighted by Crippen LogP contribution is 2.38. The predicted octanol–water partition coefficient (Wildman–Crippen LogP) is 21.9. The van der Waals surface area contributed by atoms with Crippen molar-refractivity contribution in [2.45, 2.75) is 290 Å². The van der Waals surface area contributed by atoms with Crippen LogP contribution in [0.25, 0.3) is 0 Å². The standard InChI is InChI=1S/C77H131N2O7P/c1-7-10-13-16-19-22-25-28-30-32-34-36-38-39-41-43-45-47-49-52-55-58-61-64-67-70-77(81)86-75(68-65-62-59-56-53-50-27-24-21-18-15-12-9-3)74(73-85-87(82,83)84-72-71-79(4,5)6)78-76(80)69-66-63-60-57-54-51-48-46-44-42-40-37-35-33-31-29-26-23-20-17-14-11-8-2/h10-11,13-14,19-20,22-23,28-31,34-37,39,41-42,44-45,47,65,68,74-75H,7-9,12,15-18,21,24-27,32-33,38,40,43,46,48-64,66-67,69-73H2,1-6H3,(H-,78,80,82,83)/b13-10-,14-11-,22-19-,23-20-,30-28-,31-29-,36-34-,37-35-,41-39-,44-42-,47-45-,68-65+. The Balaban J connectivity index is 5.22. The number of esters is 1. The Bertz CT molecular complexity index is 2000. The van der Waals surface area contributed by atoms with Gasteiger partial charge in [0.1, 0.15) is 19.3 Å². The molecule has 0 bridgehead atoms. The van der Waals surface area contributed by atoms with E-state index >= 15 is 0 Å². The Morgan fingerprint density at radius 1 is 0.414 bits per heavy atom. The predicted molar refractivity (Wildman–Crippen MR) is 376 cm³/mol. The van der Waals surface area contributed by atoms with Crippen molar-refractivity contribution in [2.24, 2.45) is 0 Å². The van der Waals surface area contributed by atoms with Crippen molar-refractivity contribution in [1.29, 1.82) is 0 Å². The third kappa shape index (κ3) is 66.1. The van der Waals surface area contributed by atoms with Gasteiger partial charge < -0.3 is 28.5 Å². The van der Waals surface area contributed by atoms with Crippen LogP contribution in [0.15, 0.2) is 146 Å². The first-order valence-electron chi connectivity index (χ1n) is 35.1. The number of quaternary nitrogens is 1. The maximum Gasteiger partial charge on any atom is 0.306 e. The molecule has 0 rings (SSSR count). The fraction of sp³-hybridized carbons (Fsp3) is 0.662. The molecule has 0 fully saturated rings. The van der Waals surface area contributed by atoms with Gasteiger partial charge in [-0.15, -0.1) is 0 Å². The van der Waals surface area contributed by atoms with E-state index < -0.39 is 26.6 Å². The SMILES string of the molecule is CC/C=C\C/C=C\C/C=C\C/C=C\C/C=C\C/C=C\CCCCCCCCC(=O)OC(/C=C/CCCCCCCCCCCCC)C(COP(=O)([O-])OCC[N+](C)(C)C)NC(=O)CCCCCCCCC/C=C\C/C=C\C/C=C\C/C=C\C/C=C\CC. The lowest BCUT2D eigenvalue weighted by atomic mass is 10.0. The number of rotatable bonds is 62. The Kier molecular flexibility index (Phi) is 61.8. The molecule has 0 heterocycles. The Morgan fingerprint density at radius 3 is 1.10 bits per heavy atom. The number of carbonyl (C=O) groups excluding carboxylic acids is 2. The summed E-state index contributed by atoms with van der Waals surface area (Å²) in [4.78, 5) is 40.2. The molecule has 0 aliphatic carbocycles. The molecule has 0 radical (unpaired) electrons. The van der Waals surface area contributed by atoms with Gasteiger partial charge in [-0.3, -0.25) is 14.2 Å². The van der Waals surface area contributed by atoms with Gasteiger partial charge >= 0.3 is 5.97 Å². The van der Waals surface area contributed by atoms with Crippen LogP contribution < -0.4 is 10.2 Å². The van der Waals surface area contributed by atoms with Crippen molar-refractivity contribution in [3.63, 3.8) is 0 Å². The molecule has 0 saturated carbocycles. The molecule has 1 N–H and O–H groups in total. The zero-order valence-corrected chi connectivity index (χ0v) is 57.6. The van der Waals surface area contributed by atoms with E-state index in [4.69, 9.17) is 13.8 Å². The van der Waals surface area contributed by atoms with Gasteiger partial charge in [0.2, 0.25) is 5.91 Å². The molecule has 0 saturated heterocycles. The quantitative estimate of drug-likeness (QED) is 0.0212. The summed E-state index contributed by atoms with van der Waals surface area (Å²) in [5.74, 6) is -0.577. The maximum atomic E-state index is 13.6. The van der Waals surface area contributed by atoms with Crippen LogP contribution >= 0.6 is 7.82 Å². The lowest BCUT2D eigenvalue weighted by Crippen LogP contribution is -2.47. The highest BCUT2D eigenvalue weighted by atomic mass is 31.2. The molecular weight excluding hydrogens is 1100 g/mol. The molecule has 87 heavy (non-hydrogen) atoms. The number of nitrogens with zero attached hydrogens (tertiary/aromatic N) is 1. The Hall–Kier alpha value is -4.11. The summed E-state index contributed by atoms with van der Waals surface area (Å²) in [6.45, 7) is 6.60. The molecule has 496 valence electrons. The first-order chi connectivity index (χ1) is 42.4. The number of hydrogen-bond donors (Lipinski definition) is 1. The number of ether oxygens (including phenoxy) is 1. The Morgan fingerprint density at radius 2 is 0.736 bits per heavy atom. The van der Waals surface area contributed by atoms with E-state index in [1.54, 1.807) is 0 Å². The van der Waals surface area contributed by atoms with Gasteiger partial charge in [0.05, 0.1) is 33.8 Å². The maximum absolute atomic E-state index is 13.6. The topological polar surface area (TPSA) is 114 Å². The van der Waals surface area contributed by atoms with Gasteiger partial charge in [0.15, 0.2) is 0 Å². The summed E-state index contributed by atoms with van der Waals surface area (Å²) in [6, 6.07) is -0.913. The van der Waals surface area contributed by atoms with Crippen LogP contribution in [0.5, 0.6) is 0 Å². The fourth-order valence-electron chi connectivity index (χ4n) is 9.43. The minimum absolute atomic E-state index is 0.0354. The molecule has 0 aliphatic heterocycles. The van der Waals surface area contributed by atoms with E-state index in [1.807, 2.05) is 33.3 Å². The largest absolute Gasteiger partial charge is 0.756 e. The number of likely N-dealkylation sites (N-methyl/N-ethyl adjacent to an activating group) is 1. The smallest absolute Gasteiger partial charge is 0.306 e. The molecule has 0 aromatic rings. The van der Waals surface area contributed by atoms with E-state index in [2.05, 4.69) is 160 Å². The number of unbranched alkanes of at least 4 members (excludes halogenated alkanes) is 24. The van der Waals surface area contributed by atoms with Crippen molar-refractivity contribution < 1.29 is 37.3 Å². The van der Waals surface area contributed by atoms with E-state index in [1.165, 1.54) is 77.0 Å². The van der Waals surface area contributed by atoms with Crippen LogP contribution in [0.3, 0.4) is 0 Å². The summed E-state index contributed by atoms with van der Waals surface area (Å²) >= 11 is 0. The van der Waals surface area contributed by atoms with Crippen molar-refractivity contribution in [3.8, 4) is 0 Å². The summed E-state index contributed by atoms with van der Waals surface area (Å²) in [6.07, 6.45) is 93.9. The van der Waals surface area contributed by atoms with E-state index in [-0.39, 0.29) is 24.9 Å². The molecular formula is C77H131N2O7P. The number of phosphoric ester groups is 1. The minimum Gasteiger partial charge on any atom is -0.756 e. The van der Waals surface area contributed by atoms with Gasteiger partial charge in [0.25, 0.3) is 7.82 Å². The van der Waals surface area contributed by atoms with Crippen molar-refractivity contribution in [2.75, 3.05) is 40.9 Å². The molecule has 1 amide bonds. The summed E-state index contributed by atoms with van der Waals surface area (Å²) in [5.41, 5.74) is 0. The molecule has 10 heteroatoms. The summed E-state index contributed by atoms with van der Waals surface area (Å²) in [7, 11) is 1.15. The molecule has 3 unspecified atom stereocenters. The molecule has 0 spiro atoms. The van der Waals surface area contributed by atoms with E-state index in [0.29, 0.717) is 23.9 Å². The van der Waals surface area contributed by atoms with E-state index in [0.717, 1.165) is 161 Å². The molecule has 9 nitrogen and oxygen atoms in total. The Labute approximate surface area is 536 Å². The first kappa shape index (κ1) is 82.9. The zero-order valence-electron chi connectivity index (χ0n) is 56.7. The second-order valence-corrected chi connectivity index (χ2v) is 25.7. The average molecular weight is 1230 g/mol. The van der Waals surface area contributed by atoms with Gasteiger partial charge in [-0.05, 0) is 128 Å². The third-order valence-electron chi connectivity index (χ3n) is 14.8. The van der Waals surface area contributed by atoms with Gasteiger partial charge in [-0.2, -0.15) is 0 Å². The van der Waals surface area contributed by atoms with Crippen LogP contribution in [-0.4, -0.2) is 69.4 Å². The molecule has 0 aliphatic rings. The first-order valence-corrected chi connectivity index (χ1v) is 36.6. The summed E-state index contributed by atoms with van der Waals surface area (Å²) < 4.78 is 30.4. The number of nitrogens with one attached hydrogen (secondary N) is 1. The fourth-order valence-corrected chi connectivity index (χ4v) is 10.2. The van der Waals surface area contributed by atoms with Crippen LogP contribution in [0.1, 0.15) is 278 Å². The second kappa shape index (κ2) is 64.9. The second-order valence-electron chi connectivity index (χ2n) is 24.3. The number of carbonyl (C=O) groups is 2. The van der Waals surface area contributed by atoms with Gasteiger partial charge in [-0.1, -0.05) is 283 Å². The van der Waals surface area contributed by atoms with Crippen molar-refractivity contribution >= 4 is 19.7 Å². The third-order valence-corrected chi connectivity index (χ3v) is 15.7. The van der Waals surface area contributed by atoms with Crippen LogP contribution in [0.4, 0.5) is 0 Å². The number of hydrogen-bond acceptors (Lipinski definition) is 7.